The molecule has 20 heavy (non-hydrogen) atoms. The molecule has 0 bridgehead atoms. The molecule has 0 amide bonds. The highest BCUT2D eigenvalue weighted by Gasteiger charge is 2.28. The second kappa shape index (κ2) is 5.44. The molecule has 3 rings (SSSR count). The molecule has 1 saturated heterocycles. The fourth-order valence-electron chi connectivity index (χ4n) is 2.72. The van der Waals surface area contributed by atoms with E-state index in [1.807, 2.05) is 10.6 Å². The first-order chi connectivity index (χ1) is 9.79. The Morgan fingerprint density at radius 3 is 3.25 bits per heavy atom. The number of ether oxygens (including phenoxy) is 1. The number of methoxy groups -OCH3 is 1. The molecule has 1 fully saturated rings. The molecule has 7 nitrogen and oxygen atoms in total. The lowest BCUT2D eigenvalue weighted by atomic mass is 9.99. The highest BCUT2D eigenvalue weighted by atomic mass is 16.5. The molecule has 7 heteroatoms. The van der Waals surface area contributed by atoms with Gasteiger partial charge in [0.1, 0.15) is 6.33 Å². The highest BCUT2D eigenvalue weighted by molar-refractivity contribution is 5.72. The number of hydrogen-bond donors (Lipinski definition) is 0. The van der Waals surface area contributed by atoms with Crippen molar-refractivity contribution in [2.45, 2.75) is 31.7 Å². The van der Waals surface area contributed by atoms with Gasteiger partial charge in [-0.25, -0.2) is 4.98 Å². The van der Waals surface area contributed by atoms with Gasteiger partial charge in [-0.15, -0.1) is 10.2 Å². The van der Waals surface area contributed by atoms with Gasteiger partial charge in [0, 0.05) is 25.0 Å². The van der Waals surface area contributed by atoms with Crippen LogP contribution in [-0.4, -0.2) is 45.2 Å². The number of piperidine rings is 1. The molecule has 0 spiro atoms. The summed E-state index contributed by atoms with van der Waals surface area (Å²) in [5.41, 5.74) is 0.726. The molecular formula is C13H17N5O2. The van der Waals surface area contributed by atoms with Crippen molar-refractivity contribution in [1.29, 1.82) is 0 Å². The zero-order chi connectivity index (χ0) is 13.9. The maximum Gasteiger partial charge on any atom is 0.307 e. The quantitative estimate of drug-likeness (QED) is 0.779. The predicted octanol–water partition coefficient (Wildman–Crippen LogP) is 1.05. The van der Waals surface area contributed by atoms with Crippen molar-refractivity contribution in [3.63, 3.8) is 0 Å². The van der Waals surface area contributed by atoms with Crippen molar-refractivity contribution in [1.82, 2.24) is 19.6 Å². The number of carbonyl (C=O) groups is 1. The summed E-state index contributed by atoms with van der Waals surface area (Å²) in [5, 5.41) is 8.03. The van der Waals surface area contributed by atoms with Crippen molar-refractivity contribution in [2.24, 2.45) is 0 Å². The zero-order valence-electron chi connectivity index (χ0n) is 11.4. The normalized spacial score (nSPS) is 19.2. The number of esters is 1. The summed E-state index contributed by atoms with van der Waals surface area (Å²) < 4.78 is 6.63. The monoisotopic (exact) mass is 275 g/mol. The van der Waals surface area contributed by atoms with Crippen LogP contribution in [0.15, 0.2) is 18.7 Å². The molecule has 1 aliphatic rings. The molecular weight excluding hydrogens is 258 g/mol. The molecule has 2 aromatic heterocycles. The molecule has 0 aromatic carbocycles. The molecule has 3 heterocycles. The van der Waals surface area contributed by atoms with Crippen LogP contribution in [0.25, 0.3) is 5.65 Å². The number of rotatable bonds is 3. The minimum Gasteiger partial charge on any atom is -0.469 e. The first-order valence-corrected chi connectivity index (χ1v) is 6.77. The Morgan fingerprint density at radius 2 is 2.40 bits per heavy atom. The van der Waals surface area contributed by atoms with E-state index in [4.69, 9.17) is 4.74 Å². The van der Waals surface area contributed by atoms with E-state index < -0.39 is 0 Å². The largest absolute Gasteiger partial charge is 0.469 e. The van der Waals surface area contributed by atoms with E-state index in [1.54, 1.807) is 12.5 Å². The van der Waals surface area contributed by atoms with Crippen LogP contribution in [0.3, 0.4) is 0 Å². The Hall–Kier alpha value is -2.18. The molecule has 1 aliphatic heterocycles. The van der Waals surface area contributed by atoms with Crippen molar-refractivity contribution >= 4 is 17.4 Å². The van der Waals surface area contributed by atoms with Gasteiger partial charge in [-0.1, -0.05) is 0 Å². The third-order valence-electron chi connectivity index (χ3n) is 3.73. The van der Waals surface area contributed by atoms with Crippen LogP contribution in [0.1, 0.15) is 25.7 Å². The minimum absolute atomic E-state index is 0.117. The highest BCUT2D eigenvalue weighted by Crippen LogP contribution is 2.27. The lowest BCUT2D eigenvalue weighted by Gasteiger charge is -2.35. The summed E-state index contributed by atoms with van der Waals surface area (Å²) in [6, 6.07) is 0.117. The SMILES string of the molecule is COC(=O)CC1CCCCN1c1nccn2cnnc12. The third kappa shape index (κ3) is 2.31. The van der Waals surface area contributed by atoms with Crippen molar-refractivity contribution in [3.05, 3.63) is 18.7 Å². The topological polar surface area (TPSA) is 72.6 Å². The smallest absolute Gasteiger partial charge is 0.307 e. The van der Waals surface area contributed by atoms with E-state index in [0.717, 1.165) is 37.3 Å². The van der Waals surface area contributed by atoms with E-state index in [1.165, 1.54) is 7.11 Å². The summed E-state index contributed by atoms with van der Waals surface area (Å²) in [6.45, 7) is 0.876. The maximum atomic E-state index is 11.6. The lowest BCUT2D eigenvalue weighted by Crippen LogP contribution is -2.41. The first-order valence-electron chi connectivity index (χ1n) is 6.77. The summed E-state index contributed by atoms with van der Waals surface area (Å²) in [6.07, 6.45) is 8.76. The first kappa shape index (κ1) is 12.8. The fraction of sp³-hybridized carbons (Fsp3) is 0.538. The van der Waals surface area contributed by atoms with E-state index in [2.05, 4.69) is 20.1 Å². The number of aromatic nitrogens is 4. The second-order valence-electron chi connectivity index (χ2n) is 4.94. The van der Waals surface area contributed by atoms with Crippen LogP contribution in [0.4, 0.5) is 5.82 Å². The van der Waals surface area contributed by atoms with Gasteiger partial charge in [0.2, 0.25) is 5.65 Å². The predicted molar refractivity (Wildman–Crippen MR) is 72.4 cm³/mol. The van der Waals surface area contributed by atoms with E-state index in [-0.39, 0.29) is 12.0 Å². The summed E-state index contributed by atoms with van der Waals surface area (Å²) in [5.74, 6) is 0.605. The van der Waals surface area contributed by atoms with E-state index in [9.17, 15) is 4.79 Å². The van der Waals surface area contributed by atoms with Crippen LogP contribution < -0.4 is 4.90 Å². The van der Waals surface area contributed by atoms with Gasteiger partial charge in [0.25, 0.3) is 0 Å². The van der Waals surface area contributed by atoms with Gasteiger partial charge < -0.3 is 9.64 Å². The van der Waals surface area contributed by atoms with Gasteiger partial charge in [0.15, 0.2) is 5.82 Å². The minimum atomic E-state index is -0.185. The molecule has 1 unspecified atom stereocenters. The number of fused-ring (bicyclic) bond motifs is 1. The Balaban J connectivity index is 1.93. The Kier molecular flexibility index (Phi) is 3.49. The number of anilines is 1. The lowest BCUT2D eigenvalue weighted by molar-refractivity contribution is -0.141. The van der Waals surface area contributed by atoms with Gasteiger partial charge in [-0.05, 0) is 19.3 Å². The Morgan fingerprint density at radius 1 is 1.50 bits per heavy atom. The van der Waals surface area contributed by atoms with Crippen LogP contribution in [0.2, 0.25) is 0 Å². The molecule has 0 N–H and O–H groups in total. The van der Waals surface area contributed by atoms with Gasteiger partial charge >= 0.3 is 5.97 Å². The van der Waals surface area contributed by atoms with Crippen molar-refractivity contribution in [3.8, 4) is 0 Å². The average Bonchev–Trinajstić information content (AvgIpc) is 2.96. The van der Waals surface area contributed by atoms with Crippen LogP contribution in [0, 0.1) is 0 Å². The summed E-state index contributed by atoms with van der Waals surface area (Å²) >= 11 is 0. The van der Waals surface area contributed by atoms with E-state index in [0.29, 0.717) is 6.42 Å². The van der Waals surface area contributed by atoms with Gasteiger partial charge in [-0.3, -0.25) is 9.20 Å². The number of nitrogens with zero attached hydrogens (tertiary/aromatic N) is 5. The average molecular weight is 275 g/mol. The number of hydrogen-bond acceptors (Lipinski definition) is 6. The summed E-state index contributed by atoms with van der Waals surface area (Å²) in [7, 11) is 1.42. The second-order valence-corrected chi connectivity index (χ2v) is 4.94. The molecule has 0 aliphatic carbocycles. The summed E-state index contributed by atoms with van der Waals surface area (Å²) in [4.78, 5) is 18.2. The number of carbonyl (C=O) groups excluding carboxylic acids is 1. The van der Waals surface area contributed by atoms with Crippen LogP contribution >= 0.6 is 0 Å². The van der Waals surface area contributed by atoms with Crippen LogP contribution in [0.5, 0.6) is 0 Å². The van der Waals surface area contributed by atoms with Crippen LogP contribution in [-0.2, 0) is 9.53 Å². The van der Waals surface area contributed by atoms with Crippen molar-refractivity contribution < 1.29 is 9.53 Å². The molecule has 0 radical (unpaired) electrons. The molecule has 2 aromatic rings. The zero-order valence-corrected chi connectivity index (χ0v) is 11.4. The Bertz CT molecular complexity index is 612. The maximum absolute atomic E-state index is 11.6. The molecule has 0 saturated carbocycles. The Labute approximate surface area is 116 Å². The van der Waals surface area contributed by atoms with Gasteiger partial charge in [0.05, 0.1) is 13.5 Å². The third-order valence-corrected chi connectivity index (χ3v) is 3.73. The fourth-order valence-corrected chi connectivity index (χ4v) is 2.72. The van der Waals surface area contributed by atoms with Crippen molar-refractivity contribution in [2.75, 3.05) is 18.6 Å². The standard InChI is InChI=1S/C13H17N5O2/c1-20-11(19)8-10-4-2-3-6-18(10)12-13-16-15-9-17(13)7-5-14-12/h5,7,9-10H,2-4,6,8H2,1H3. The molecule has 1 atom stereocenters. The molecule has 106 valence electrons. The van der Waals surface area contributed by atoms with E-state index >= 15 is 0 Å². The van der Waals surface area contributed by atoms with Gasteiger partial charge in [-0.2, -0.15) is 0 Å².